The summed E-state index contributed by atoms with van der Waals surface area (Å²) in [5, 5.41) is 13.3. The van der Waals surface area contributed by atoms with Gasteiger partial charge in [0.25, 0.3) is 12.4 Å². The normalized spacial score (nSPS) is 12.3. The van der Waals surface area contributed by atoms with Gasteiger partial charge in [-0.3, -0.25) is 0 Å². The predicted molar refractivity (Wildman–Crippen MR) is 60.3 cm³/mol. The molecule has 0 fully saturated rings. The summed E-state index contributed by atoms with van der Waals surface area (Å²) in [5.74, 6) is -0.0117. The molecule has 2 N–H and O–H groups in total. The molecule has 0 radical (unpaired) electrons. The minimum atomic E-state index is -0.0117. The van der Waals surface area contributed by atoms with Gasteiger partial charge in [-0.2, -0.15) is 0 Å². The van der Waals surface area contributed by atoms with Crippen LogP contribution in [0, 0.1) is 0 Å². The Kier molecular flexibility index (Phi) is 1.42. The lowest BCUT2D eigenvalue weighted by atomic mass is 9.98. The molecule has 1 aliphatic rings. The second-order valence-corrected chi connectivity index (χ2v) is 3.63. The molecule has 3 nitrogen and oxygen atoms in total. The Bertz CT molecular complexity index is 589. The van der Waals surface area contributed by atoms with Gasteiger partial charge in [0.1, 0.15) is 0 Å². The molecule has 0 aliphatic carbocycles. The standard InChI is InChI=1S/C12H8N2O/c13-10-1-7-3-11(15)4-9-6-14-5-8(2-10)12(7)9/h1-6H,13H2. The predicted octanol–water partition coefficient (Wildman–Crippen LogP) is 0.414. The smallest absolute Gasteiger partial charge is 0.300 e. The van der Waals surface area contributed by atoms with Crippen LogP contribution in [0.4, 0.5) is 5.69 Å². The fourth-order valence-corrected chi connectivity index (χ4v) is 1.98. The van der Waals surface area contributed by atoms with Crippen molar-refractivity contribution in [3.05, 3.63) is 35.4 Å². The van der Waals surface area contributed by atoms with Crippen LogP contribution in [0.1, 0.15) is 11.1 Å². The lowest BCUT2D eigenvalue weighted by molar-refractivity contribution is -0.268. The molecule has 0 unspecified atom stereocenters. The van der Waals surface area contributed by atoms with Crippen LogP contribution in [0.2, 0.25) is 0 Å². The first-order valence-electron chi connectivity index (χ1n) is 4.65. The van der Waals surface area contributed by atoms with E-state index in [9.17, 15) is 5.11 Å². The topological polar surface area (TPSA) is 63.2 Å². The monoisotopic (exact) mass is 196 g/mol. The third kappa shape index (κ3) is 1.11. The van der Waals surface area contributed by atoms with E-state index in [0.29, 0.717) is 5.69 Å². The van der Waals surface area contributed by atoms with Crippen molar-refractivity contribution in [3.63, 3.8) is 0 Å². The van der Waals surface area contributed by atoms with Crippen molar-refractivity contribution in [2.75, 3.05) is 5.73 Å². The van der Waals surface area contributed by atoms with Crippen LogP contribution in [-0.2, 0) is 0 Å². The average molecular weight is 196 g/mol. The van der Waals surface area contributed by atoms with Crippen LogP contribution in [0.5, 0.6) is 5.75 Å². The van der Waals surface area contributed by atoms with Crippen LogP contribution in [-0.4, -0.2) is 12.4 Å². The molecular weight excluding hydrogens is 188 g/mol. The number of hydrogen-bond donors (Lipinski definition) is 1. The molecule has 0 saturated heterocycles. The van der Waals surface area contributed by atoms with Gasteiger partial charge in [0.2, 0.25) is 0 Å². The number of nitrogens with zero attached hydrogens (tertiary/aromatic N) is 1. The Balaban J connectivity index is 2.57. The summed E-state index contributed by atoms with van der Waals surface area (Å²) in [7, 11) is 0. The maximum absolute atomic E-state index is 11.4. The van der Waals surface area contributed by atoms with Gasteiger partial charge < -0.3 is 10.8 Å². The maximum atomic E-state index is 11.4. The zero-order valence-electron chi connectivity index (χ0n) is 7.90. The molecule has 0 spiro atoms. The molecule has 1 heterocycles. The van der Waals surface area contributed by atoms with Gasteiger partial charge in [0.05, 0.1) is 11.1 Å². The van der Waals surface area contributed by atoms with E-state index in [0.717, 1.165) is 21.9 Å². The molecule has 2 aromatic rings. The van der Waals surface area contributed by atoms with E-state index in [4.69, 9.17) is 5.73 Å². The van der Waals surface area contributed by atoms with Crippen molar-refractivity contribution < 1.29 is 5.11 Å². The molecule has 0 aromatic heterocycles. The Morgan fingerprint density at radius 1 is 1.00 bits per heavy atom. The number of nitrogen functional groups attached to an aromatic ring is 1. The van der Waals surface area contributed by atoms with Crippen LogP contribution < -0.4 is 15.5 Å². The first-order chi connectivity index (χ1) is 7.24. The number of hydrogen-bond acceptors (Lipinski definition) is 2. The summed E-state index contributed by atoms with van der Waals surface area (Å²) in [6.45, 7) is 0. The van der Waals surface area contributed by atoms with E-state index in [1.807, 2.05) is 12.1 Å². The quantitative estimate of drug-likeness (QED) is 0.418. The van der Waals surface area contributed by atoms with Crippen molar-refractivity contribution in [1.82, 2.24) is 4.67 Å². The molecule has 0 saturated carbocycles. The summed E-state index contributed by atoms with van der Waals surface area (Å²) in [6.07, 6.45) is 3.46. The van der Waals surface area contributed by atoms with E-state index in [1.54, 1.807) is 24.6 Å². The van der Waals surface area contributed by atoms with E-state index >= 15 is 0 Å². The molecule has 3 heteroatoms. The van der Waals surface area contributed by atoms with Gasteiger partial charge >= 0.3 is 0 Å². The molecule has 0 atom stereocenters. The third-order valence-corrected chi connectivity index (χ3v) is 2.53. The van der Waals surface area contributed by atoms with Gasteiger partial charge in [-0.25, -0.2) is 0 Å². The lowest BCUT2D eigenvalue weighted by Crippen LogP contribution is -2.03. The molecular formula is C12H8N2O. The number of anilines is 1. The molecule has 0 amide bonds. The van der Waals surface area contributed by atoms with E-state index in [2.05, 4.69) is 4.67 Å². The highest BCUT2D eigenvalue weighted by Gasteiger charge is 2.13. The van der Waals surface area contributed by atoms with Crippen molar-refractivity contribution >= 4 is 28.9 Å². The van der Waals surface area contributed by atoms with Gasteiger partial charge in [0, 0.05) is 11.1 Å². The Hall–Kier alpha value is -2.25. The Morgan fingerprint density at radius 3 is 2.53 bits per heavy atom. The summed E-state index contributed by atoms with van der Waals surface area (Å²) >= 11 is 0. The SMILES string of the molecule is Nc1cc2c3c(cc([O-])cc3c1)C=[N+]=C2. The van der Waals surface area contributed by atoms with Gasteiger partial charge in [-0.15, -0.1) is 5.75 Å². The summed E-state index contributed by atoms with van der Waals surface area (Å²) in [5.41, 5.74) is 8.25. The Labute approximate surface area is 86.2 Å². The van der Waals surface area contributed by atoms with Crippen LogP contribution in [0.3, 0.4) is 0 Å². The molecule has 2 aromatic carbocycles. The average Bonchev–Trinajstić information content (AvgIpc) is 2.16. The van der Waals surface area contributed by atoms with Crippen molar-refractivity contribution in [1.29, 1.82) is 0 Å². The third-order valence-electron chi connectivity index (χ3n) is 2.53. The van der Waals surface area contributed by atoms with E-state index < -0.39 is 0 Å². The molecule has 1 aliphatic heterocycles. The van der Waals surface area contributed by atoms with Gasteiger partial charge in [0.15, 0.2) is 0 Å². The summed E-state index contributed by atoms with van der Waals surface area (Å²) in [6, 6.07) is 6.88. The highest BCUT2D eigenvalue weighted by Crippen LogP contribution is 2.27. The van der Waals surface area contributed by atoms with E-state index in [1.165, 1.54) is 0 Å². The minimum absolute atomic E-state index is 0.0117. The van der Waals surface area contributed by atoms with Crippen LogP contribution in [0.25, 0.3) is 10.8 Å². The second-order valence-electron chi connectivity index (χ2n) is 3.63. The van der Waals surface area contributed by atoms with Gasteiger partial charge in [-0.1, -0.05) is 16.8 Å². The summed E-state index contributed by atoms with van der Waals surface area (Å²) < 4.78 is 4.08. The van der Waals surface area contributed by atoms with Crippen LogP contribution in [0.15, 0.2) is 24.3 Å². The Morgan fingerprint density at radius 2 is 1.73 bits per heavy atom. The van der Waals surface area contributed by atoms with E-state index in [-0.39, 0.29) is 5.75 Å². The fraction of sp³-hybridized carbons (Fsp3) is 0. The molecule has 0 bridgehead atoms. The molecule has 15 heavy (non-hydrogen) atoms. The molecule has 72 valence electrons. The van der Waals surface area contributed by atoms with Crippen molar-refractivity contribution in [2.45, 2.75) is 0 Å². The lowest BCUT2D eigenvalue weighted by Gasteiger charge is -2.11. The minimum Gasteiger partial charge on any atom is -0.872 e. The number of nitrogens with two attached hydrogens (primary N) is 1. The number of benzene rings is 2. The molecule has 3 rings (SSSR count). The first-order valence-corrected chi connectivity index (χ1v) is 4.65. The maximum Gasteiger partial charge on any atom is 0.300 e. The number of rotatable bonds is 0. The zero-order chi connectivity index (χ0) is 10.4. The zero-order valence-corrected chi connectivity index (χ0v) is 7.90. The van der Waals surface area contributed by atoms with Gasteiger partial charge in [-0.05, 0) is 17.5 Å². The largest absolute Gasteiger partial charge is 0.872 e. The highest BCUT2D eigenvalue weighted by atomic mass is 16.3. The van der Waals surface area contributed by atoms with Crippen molar-refractivity contribution in [2.24, 2.45) is 0 Å². The van der Waals surface area contributed by atoms with Crippen molar-refractivity contribution in [3.8, 4) is 5.75 Å². The van der Waals surface area contributed by atoms with Crippen LogP contribution >= 0.6 is 0 Å². The second kappa shape index (κ2) is 2.62. The highest BCUT2D eigenvalue weighted by molar-refractivity contribution is 6.13. The summed E-state index contributed by atoms with van der Waals surface area (Å²) in [4.78, 5) is 0. The first kappa shape index (κ1) is 8.09. The fourth-order valence-electron chi connectivity index (χ4n) is 1.98.